The number of carbonyl (C=O) groups excluding carboxylic acids is 4. The van der Waals surface area contributed by atoms with E-state index in [0.29, 0.717) is 10.9 Å². The van der Waals surface area contributed by atoms with Crippen LogP contribution in [-0.4, -0.2) is 65.7 Å². The molecule has 14 nitrogen and oxygen atoms in total. The highest BCUT2D eigenvalue weighted by Gasteiger charge is 2.37. The number of nitrogens with one attached hydrogen (secondary N) is 2. The summed E-state index contributed by atoms with van der Waals surface area (Å²) in [6.45, 7) is 5.04. The number of nitrogens with zero attached hydrogens (tertiary/aromatic N) is 3. The highest BCUT2D eigenvalue weighted by atomic mass is 35.5. The molecule has 338 valence electrons. The summed E-state index contributed by atoms with van der Waals surface area (Å²) in [6.07, 6.45) is -9.53. The summed E-state index contributed by atoms with van der Waals surface area (Å²) in [7, 11) is 0. The summed E-state index contributed by atoms with van der Waals surface area (Å²) in [5, 5.41) is 5.75. The predicted molar refractivity (Wildman–Crippen MR) is 209 cm³/mol. The Labute approximate surface area is 364 Å². The molecule has 4 aromatic rings. The first kappa shape index (κ1) is 54.4. The number of hydrogen-bond acceptors (Lipinski definition) is 13. The second-order valence-corrected chi connectivity index (χ2v) is 12.2. The molecule has 0 fully saturated rings. The van der Waals surface area contributed by atoms with Gasteiger partial charge in [-0.25, -0.2) is 27.6 Å². The van der Waals surface area contributed by atoms with Crippen molar-refractivity contribution in [1.82, 2.24) is 9.78 Å². The molecule has 4 rings (SSSR count). The number of ether oxygens (including phenoxy) is 3. The molecule has 0 amide bonds. The van der Waals surface area contributed by atoms with Crippen LogP contribution in [0.2, 0.25) is 15.1 Å². The zero-order valence-corrected chi connectivity index (χ0v) is 34.5. The Kier molecular flexibility index (Phi) is 21.2. The van der Waals surface area contributed by atoms with E-state index in [1.54, 1.807) is 13.8 Å². The lowest BCUT2D eigenvalue weighted by Crippen LogP contribution is -2.24. The molecule has 0 saturated carbocycles. The van der Waals surface area contributed by atoms with Crippen molar-refractivity contribution in [3.05, 3.63) is 114 Å². The van der Waals surface area contributed by atoms with Gasteiger partial charge in [-0.2, -0.15) is 41.2 Å². The zero-order valence-electron chi connectivity index (χ0n) is 31.4. The van der Waals surface area contributed by atoms with Crippen molar-refractivity contribution in [3.63, 3.8) is 0 Å². The minimum atomic E-state index is -5.08. The third-order valence-corrected chi connectivity index (χ3v) is 7.73. The van der Waals surface area contributed by atoms with Crippen molar-refractivity contribution in [2.24, 2.45) is 10.9 Å². The molecule has 0 aliphatic heterocycles. The standard InChI is InChI=1S/C14H9ClF4N2O3.C12H9ClF4N2O3.C9H10ClFN2O2.ClH/c1-2-24-13(23)8-4-11(10(16)5-9(8)15)21-12(22)3-7(6-20-21)14(17,18)19;1-2-22-11(21)6-3-9(8(14)4-7(6)13)19-18-5-10(20)12(15,16)17;1-2-15-9(14)5-3-8(13-12)7(11)4-6(5)10;/h3-6H,2H2,1H3;3-5,19H,2H2,1H3;3-4,13H,2,12H2,1H3;1H/b;18-5+;;. The molecule has 0 aliphatic carbocycles. The topological polar surface area (TPSA) is 193 Å². The van der Waals surface area contributed by atoms with Gasteiger partial charge < -0.3 is 19.6 Å². The fourth-order valence-electron chi connectivity index (χ4n) is 4.07. The Bertz CT molecular complexity index is 2350. The number of Topliss-reactive ketones (excluding diaryl/α,β-unsaturated/α-hetero) is 1. The van der Waals surface area contributed by atoms with Crippen LogP contribution in [0, 0.1) is 17.5 Å². The van der Waals surface area contributed by atoms with Gasteiger partial charge in [0.05, 0.1) is 80.9 Å². The number of halogens is 13. The van der Waals surface area contributed by atoms with Gasteiger partial charge in [0.15, 0.2) is 5.82 Å². The van der Waals surface area contributed by atoms with Crippen molar-refractivity contribution in [2.75, 3.05) is 30.7 Å². The largest absolute Gasteiger partial charge is 0.462 e. The number of hydrazine groups is 1. The van der Waals surface area contributed by atoms with Crippen molar-refractivity contribution in [2.45, 2.75) is 33.1 Å². The van der Waals surface area contributed by atoms with Gasteiger partial charge in [0, 0.05) is 6.07 Å². The van der Waals surface area contributed by atoms with Crippen LogP contribution in [0.15, 0.2) is 58.6 Å². The van der Waals surface area contributed by atoms with Crippen molar-refractivity contribution < 1.29 is 72.9 Å². The Hall–Kier alpha value is -5.62. The minimum absolute atomic E-state index is 0. The van der Waals surface area contributed by atoms with Crippen LogP contribution in [0.1, 0.15) is 57.4 Å². The first-order chi connectivity index (χ1) is 28.4. The maximum absolute atomic E-state index is 14.0. The number of carbonyl (C=O) groups is 4. The van der Waals surface area contributed by atoms with Crippen LogP contribution in [-0.2, 0) is 25.2 Å². The van der Waals surface area contributed by atoms with Crippen molar-refractivity contribution >= 4 is 88.5 Å². The van der Waals surface area contributed by atoms with Crippen LogP contribution in [0.4, 0.5) is 50.9 Å². The van der Waals surface area contributed by atoms with Gasteiger partial charge in [0.1, 0.15) is 17.3 Å². The SMILES string of the molecule is CCOC(=O)c1cc(-n2ncc(C(F)(F)F)cc2=O)c(F)cc1Cl.CCOC(=O)c1cc(N/N=C/C(=O)C(F)(F)F)c(F)cc1Cl.CCOC(=O)c1cc(NN)c(F)cc1Cl.Cl. The first-order valence-electron chi connectivity index (χ1n) is 16.4. The second-order valence-electron chi connectivity index (χ2n) is 10.9. The molecule has 1 aromatic heterocycles. The van der Waals surface area contributed by atoms with Gasteiger partial charge in [-0.1, -0.05) is 34.8 Å². The fraction of sp³-hybridized carbons (Fsp3) is 0.229. The quantitative estimate of drug-likeness (QED) is 0.0324. The van der Waals surface area contributed by atoms with Gasteiger partial charge in [-0.15, -0.1) is 12.4 Å². The third-order valence-electron chi connectivity index (χ3n) is 6.79. The van der Waals surface area contributed by atoms with Gasteiger partial charge >= 0.3 is 30.3 Å². The number of nitrogens with two attached hydrogens (primary N) is 1. The molecule has 0 saturated heterocycles. The van der Waals surface area contributed by atoms with Gasteiger partial charge in [-0.3, -0.25) is 20.9 Å². The average Bonchev–Trinajstić information content (AvgIpc) is 3.16. The number of rotatable bonds is 11. The van der Waals surface area contributed by atoms with Gasteiger partial charge in [0.25, 0.3) is 11.3 Å². The van der Waals surface area contributed by atoms with Gasteiger partial charge in [0.2, 0.25) is 0 Å². The minimum Gasteiger partial charge on any atom is -0.462 e. The number of ketones is 1. The maximum atomic E-state index is 14.0. The number of aromatic nitrogens is 2. The van der Waals surface area contributed by atoms with Crippen molar-refractivity contribution in [1.29, 1.82) is 0 Å². The van der Waals surface area contributed by atoms with E-state index in [4.69, 9.17) is 50.1 Å². The number of nitrogen functional groups attached to an aromatic ring is 1. The Balaban J connectivity index is 0.000000473. The fourth-order valence-corrected chi connectivity index (χ4v) is 4.75. The number of alkyl halides is 6. The van der Waals surface area contributed by atoms with E-state index in [1.165, 1.54) is 13.0 Å². The van der Waals surface area contributed by atoms with E-state index in [-0.39, 0.29) is 82.0 Å². The summed E-state index contributed by atoms with van der Waals surface area (Å²) >= 11 is 17.1. The number of hydrazone groups is 1. The Morgan fingerprint density at radius 2 is 1.15 bits per heavy atom. The molecule has 4 N–H and O–H groups in total. The van der Waals surface area contributed by atoms with E-state index < -0.39 is 76.0 Å². The van der Waals surface area contributed by atoms with Crippen LogP contribution in [0.3, 0.4) is 0 Å². The molecule has 27 heteroatoms. The van der Waals surface area contributed by atoms with Gasteiger partial charge in [-0.05, 0) is 57.2 Å². The molecule has 0 unspecified atom stereocenters. The number of esters is 3. The highest BCUT2D eigenvalue weighted by Crippen LogP contribution is 2.29. The molecule has 0 aliphatic rings. The Morgan fingerprint density at radius 1 is 0.726 bits per heavy atom. The summed E-state index contributed by atoms with van der Waals surface area (Å²) in [5.41, 5.74) is 0.152. The third kappa shape index (κ3) is 15.4. The molecule has 0 radical (unpaired) electrons. The second kappa shape index (κ2) is 24.1. The molecule has 62 heavy (non-hydrogen) atoms. The average molecular weight is 974 g/mol. The highest BCUT2D eigenvalue weighted by molar-refractivity contribution is 6.34. The summed E-state index contributed by atoms with van der Waals surface area (Å²) in [4.78, 5) is 57.0. The zero-order chi connectivity index (χ0) is 46.4. The van der Waals surface area contributed by atoms with E-state index >= 15 is 0 Å². The number of benzene rings is 3. The smallest absolute Gasteiger partial charge is 0.455 e. The summed E-state index contributed by atoms with van der Waals surface area (Å²) in [6, 6.07) is 5.78. The van der Waals surface area contributed by atoms with E-state index in [2.05, 4.69) is 20.4 Å². The molecular formula is C35H29Cl4F9N6O8. The normalized spacial score (nSPS) is 10.9. The first-order valence-corrected chi connectivity index (χ1v) is 17.6. The van der Waals surface area contributed by atoms with E-state index in [1.807, 2.05) is 5.43 Å². The van der Waals surface area contributed by atoms with Crippen LogP contribution in [0.5, 0.6) is 0 Å². The monoisotopic (exact) mass is 972 g/mol. The molecule has 0 atom stereocenters. The maximum Gasteiger partial charge on any atom is 0.455 e. The molecular weight excluding hydrogens is 945 g/mol. The van der Waals surface area contributed by atoms with E-state index in [9.17, 15) is 63.5 Å². The van der Waals surface area contributed by atoms with Crippen LogP contribution >= 0.6 is 47.2 Å². The van der Waals surface area contributed by atoms with Crippen LogP contribution in [0.25, 0.3) is 5.69 Å². The number of hydrogen-bond donors (Lipinski definition) is 3. The summed E-state index contributed by atoms with van der Waals surface area (Å²) in [5.74, 6) is -2.13. The predicted octanol–water partition coefficient (Wildman–Crippen LogP) is 8.77. The lowest BCUT2D eigenvalue weighted by atomic mass is 10.2. The number of anilines is 2. The lowest BCUT2D eigenvalue weighted by Gasteiger charge is -2.11. The van der Waals surface area contributed by atoms with Crippen molar-refractivity contribution in [3.8, 4) is 5.69 Å². The molecule has 0 bridgehead atoms. The summed E-state index contributed by atoms with van der Waals surface area (Å²) < 4.78 is 129. The van der Waals surface area contributed by atoms with E-state index in [0.717, 1.165) is 30.3 Å². The molecule has 3 aromatic carbocycles. The molecule has 1 heterocycles. The van der Waals surface area contributed by atoms with Crippen LogP contribution < -0.4 is 22.3 Å². The Morgan fingerprint density at radius 3 is 1.55 bits per heavy atom. The molecule has 0 spiro atoms. The lowest BCUT2D eigenvalue weighted by molar-refractivity contribution is -0.162.